The van der Waals surface area contributed by atoms with Gasteiger partial charge in [-0.1, -0.05) is 12.1 Å². The molecule has 9 heteroatoms. The van der Waals surface area contributed by atoms with Gasteiger partial charge in [-0.25, -0.2) is 4.98 Å². The molecule has 0 bridgehead atoms. The Morgan fingerprint density at radius 1 is 1.12 bits per heavy atom. The van der Waals surface area contributed by atoms with Crippen molar-refractivity contribution in [3.63, 3.8) is 0 Å². The van der Waals surface area contributed by atoms with Crippen molar-refractivity contribution in [1.29, 1.82) is 0 Å². The van der Waals surface area contributed by atoms with Gasteiger partial charge in [-0.05, 0) is 48.9 Å². The number of amides is 1. The third-order valence-electron chi connectivity index (χ3n) is 5.52. The van der Waals surface area contributed by atoms with Gasteiger partial charge in [-0.2, -0.15) is 14.9 Å². The molecule has 0 unspecified atom stereocenters. The molecule has 0 saturated heterocycles. The number of phenols is 1. The number of nitrogens with zero attached hydrogens (tertiary/aromatic N) is 5. The van der Waals surface area contributed by atoms with E-state index in [0.717, 1.165) is 28.1 Å². The molecule has 32 heavy (non-hydrogen) atoms. The van der Waals surface area contributed by atoms with Crippen LogP contribution in [0, 0.1) is 6.92 Å². The van der Waals surface area contributed by atoms with Crippen molar-refractivity contribution in [2.24, 2.45) is 0 Å². The van der Waals surface area contributed by atoms with Gasteiger partial charge < -0.3 is 15.2 Å². The van der Waals surface area contributed by atoms with E-state index in [4.69, 9.17) is 4.74 Å². The highest BCUT2D eigenvalue weighted by Gasteiger charge is 2.33. The highest BCUT2D eigenvalue weighted by Crippen LogP contribution is 2.40. The van der Waals surface area contributed by atoms with E-state index in [-0.39, 0.29) is 29.9 Å². The van der Waals surface area contributed by atoms with E-state index in [0.29, 0.717) is 11.5 Å². The van der Waals surface area contributed by atoms with Crippen LogP contribution in [0.2, 0.25) is 0 Å². The van der Waals surface area contributed by atoms with Crippen molar-refractivity contribution >= 4 is 11.7 Å². The Balaban J connectivity index is 1.58. The van der Waals surface area contributed by atoms with Gasteiger partial charge in [0.15, 0.2) is 0 Å². The molecule has 0 fully saturated rings. The first-order valence-electron chi connectivity index (χ1n) is 10.1. The predicted octanol–water partition coefficient (Wildman–Crippen LogP) is 3.22. The Labute approximate surface area is 183 Å². The van der Waals surface area contributed by atoms with Gasteiger partial charge in [0.05, 0.1) is 24.7 Å². The molecule has 0 saturated carbocycles. The summed E-state index contributed by atoms with van der Waals surface area (Å²) in [5.41, 5.74) is 4.06. The van der Waals surface area contributed by atoms with Crippen molar-refractivity contribution in [2.45, 2.75) is 19.3 Å². The Morgan fingerprint density at radius 2 is 1.88 bits per heavy atom. The molecule has 0 radical (unpaired) electrons. The number of aromatic hydroxyl groups is 1. The smallest absolute Gasteiger partial charge is 0.272 e. The molecule has 3 heterocycles. The largest absolute Gasteiger partial charge is 0.508 e. The van der Waals surface area contributed by atoms with Crippen LogP contribution in [0.1, 0.15) is 29.2 Å². The summed E-state index contributed by atoms with van der Waals surface area (Å²) in [6.07, 6.45) is 1.86. The second-order valence-corrected chi connectivity index (χ2v) is 7.53. The average molecular weight is 428 g/mol. The lowest BCUT2D eigenvalue weighted by Gasteiger charge is -2.24. The number of hydrogen-bond donors (Lipinski definition) is 2. The quantitative estimate of drug-likeness (QED) is 0.513. The number of carbonyl (C=O) groups excluding carboxylic acids is 1. The van der Waals surface area contributed by atoms with E-state index in [9.17, 15) is 9.90 Å². The number of nitrogens with one attached hydrogen (secondary N) is 1. The van der Waals surface area contributed by atoms with Crippen molar-refractivity contribution in [1.82, 2.24) is 25.0 Å². The number of methoxy groups -OCH3 is 1. The molecule has 1 aliphatic rings. The summed E-state index contributed by atoms with van der Waals surface area (Å²) in [5.74, 6) is 1.40. The van der Waals surface area contributed by atoms with Crippen LogP contribution in [0.4, 0.5) is 5.82 Å². The molecule has 2 aromatic heterocycles. The second-order valence-electron chi connectivity index (χ2n) is 7.53. The highest BCUT2D eigenvalue weighted by atomic mass is 16.5. The summed E-state index contributed by atoms with van der Waals surface area (Å²) < 4.78 is 6.73. The standard InChI is InChI=1S/C23H20N6O3/c1-13-21-18(14-3-7-16(30)8-4-14)11-20(31)26-22(21)29(28-13)23-25-19(12-24-27-23)15-5-9-17(32-2)10-6-15/h3-10,12,18,30H,11H2,1-2H3,(H,26,31)/t18-/m1/s1. The fraction of sp³-hybridized carbons (Fsp3) is 0.174. The summed E-state index contributed by atoms with van der Waals surface area (Å²) in [6, 6.07) is 14.3. The van der Waals surface area contributed by atoms with Crippen molar-refractivity contribution < 1.29 is 14.6 Å². The Bertz CT molecular complexity index is 1300. The van der Waals surface area contributed by atoms with Gasteiger partial charge in [0.2, 0.25) is 5.91 Å². The second kappa shape index (κ2) is 7.77. The molecule has 1 atom stereocenters. The van der Waals surface area contributed by atoms with E-state index in [1.807, 2.05) is 43.3 Å². The summed E-state index contributed by atoms with van der Waals surface area (Å²) in [6.45, 7) is 1.89. The zero-order chi connectivity index (χ0) is 22.2. The topological polar surface area (TPSA) is 115 Å². The Kier molecular flexibility index (Phi) is 4.78. The van der Waals surface area contributed by atoms with E-state index in [1.165, 1.54) is 4.68 Å². The van der Waals surface area contributed by atoms with Crippen LogP contribution in [0.25, 0.3) is 17.2 Å². The number of aromatic nitrogens is 5. The van der Waals surface area contributed by atoms with Gasteiger partial charge in [-0.15, -0.1) is 5.10 Å². The summed E-state index contributed by atoms with van der Waals surface area (Å²) in [5, 5.41) is 25.4. The first-order chi connectivity index (χ1) is 15.5. The molecule has 5 rings (SSSR count). The molecule has 2 N–H and O–H groups in total. The zero-order valence-corrected chi connectivity index (χ0v) is 17.5. The van der Waals surface area contributed by atoms with Crippen LogP contribution in [0.15, 0.2) is 54.7 Å². The van der Waals surface area contributed by atoms with E-state index in [1.54, 1.807) is 25.4 Å². The van der Waals surface area contributed by atoms with Crippen molar-refractivity contribution in [2.75, 3.05) is 12.4 Å². The Hall–Kier alpha value is -4.27. The van der Waals surface area contributed by atoms with Crippen molar-refractivity contribution in [3.8, 4) is 28.7 Å². The molecule has 2 aromatic carbocycles. The lowest BCUT2D eigenvalue weighted by atomic mass is 9.86. The Morgan fingerprint density at radius 3 is 2.59 bits per heavy atom. The van der Waals surface area contributed by atoms with Crippen molar-refractivity contribution in [3.05, 3.63) is 71.5 Å². The van der Waals surface area contributed by atoms with Crippen LogP contribution in [0.3, 0.4) is 0 Å². The van der Waals surface area contributed by atoms with Gasteiger partial charge in [0.25, 0.3) is 5.95 Å². The SMILES string of the molecule is COc1ccc(-c2cnnc(-n3nc(C)c4c3NC(=O)C[C@@H]4c3ccc(O)cc3)n2)cc1. The number of fused-ring (bicyclic) bond motifs is 1. The van der Waals surface area contributed by atoms with E-state index >= 15 is 0 Å². The number of benzene rings is 2. The summed E-state index contributed by atoms with van der Waals surface area (Å²) in [7, 11) is 1.61. The molecular formula is C23H20N6O3. The number of carbonyl (C=O) groups is 1. The molecule has 4 aromatic rings. The van der Waals surface area contributed by atoms with Crippen LogP contribution in [-0.4, -0.2) is 43.1 Å². The maximum Gasteiger partial charge on any atom is 0.272 e. The molecule has 0 aliphatic carbocycles. The van der Waals surface area contributed by atoms with Gasteiger partial charge in [-0.3, -0.25) is 4.79 Å². The fourth-order valence-corrected chi connectivity index (χ4v) is 3.97. The predicted molar refractivity (Wildman–Crippen MR) is 117 cm³/mol. The highest BCUT2D eigenvalue weighted by molar-refractivity contribution is 5.95. The number of phenolic OH excluding ortho intramolecular Hbond substituents is 1. The normalized spacial score (nSPS) is 15.2. The maximum atomic E-state index is 12.5. The minimum Gasteiger partial charge on any atom is -0.508 e. The van der Waals surface area contributed by atoms with Crippen LogP contribution in [-0.2, 0) is 4.79 Å². The number of rotatable bonds is 4. The number of aryl methyl sites for hydroxylation is 1. The number of anilines is 1. The van der Waals surface area contributed by atoms with E-state index < -0.39 is 0 Å². The molecular weight excluding hydrogens is 408 g/mol. The molecule has 9 nitrogen and oxygen atoms in total. The minimum absolute atomic E-state index is 0.129. The van der Waals surface area contributed by atoms with Gasteiger partial charge in [0, 0.05) is 23.5 Å². The monoisotopic (exact) mass is 428 g/mol. The molecule has 160 valence electrons. The first-order valence-corrected chi connectivity index (χ1v) is 10.1. The third-order valence-corrected chi connectivity index (χ3v) is 5.52. The summed E-state index contributed by atoms with van der Waals surface area (Å²) in [4.78, 5) is 17.2. The number of hydrogen-bond acceptors (Lipinski definition) is 7. The van der Waals surface area contributed by atoms with Crippen LogP contribution in [0.5, 0.6) is 11.5 Å². The lowest BCUT2D eigenvalue weighted by Crippen LogP contribution is -2.25. The number of ether oxygens (including phenoxy) is 1. The van der Waals surface area contributed by atoms with Crippen LogP contribution >= 0.6 is 0 Å². The maximum absolute atomic E-state index is 12.5. The third kappa shape index (κ3) is 3.43. The molecule has 1 aliphatic heterocycles. The average Bonchev–Trinajstić information content (AvgIpc) is 3.15. The lowest BCUT2D eigenvalue weighted by molar-refractivity contribution is -0.116. The fourth-order valence-electron chi connectivity index (χ4n) is 3.97. The molecule has 1 amide bonds. The van der Waals surface area contributed by atoms with E-state index in [2.05, 4.69) is 25.6 Å². The minimum atomic E-state index is -0.189. The van der Waals surface area contributed by atoms with Gasteiger partial charge in [0.1, 0.15) is 17.3 Å². The zero-order valence-electron chi connectivity index (χ0n) is 17.5. The summed E-state index contributed by atoms with van der Waals surface area (Å²) >= 11 is 0. The first kappa shape index (κ1) is 19.7. The van der Waals surface area contributed by atoms with Crippen LogP contribution < -0.4 is 10.1 Å². The van der Waals surface area contributed by atoms with Gasteiger partial charge >= 0.3 is 0 Å². The molecule has 0 spiro atoms.